The Morgan fingerprint density at radius 2 is 1.67 bits per heavy atom. The van der Waals surface area contributed by atoms with E-state index in [1.165, 1.54) is 5.57 Å². The molecular formula is C20H29F. The second-order valence-electron chi connectivity index (χ2n) is 5.93. The van der Waals surface area contributed by atoms with E-state index in [9.17, 15) is 4.39 Å². The molecule has 0 aliphatic rings. The predicted molar refractivity (Wildman–Crippen MR) is 94.2 cm³/mol. The highest BCUT2D eigenvalue weighted by atomic mass is 19.1. The third-order valence-electron chi connectivity index (χ3n) is 3.23. The molecule has 0 atom stereocenters. The molecular weight excluding hydrogens is 259 g/mol. The van der Waals surface area contributed by atoms with Crippen molar-refractivity contribution in [3.8, 4) is 0 Å². The molecule has 0 amide bonds. The van der Waals surface area contributed by atoms with Crippen LogP contribution in [0, 0.1) is 0 Å². The van der Waals surface area contributed by atoms with Crippen LogP contribution in [0.5, 0.6) is 0 Å². The third kappa shape index (κ3) is 9.01. The van der Waals surface area contributed by atoms with E-state index in [0.717, 1.165) is 29.6 Å². The minimum atomic E-state index is -1.12. The normalized spacial score (nSPS) is 14.0. The van der Waals surface area contributed by atoms with Gasteiger partial charge in [0.15, 0.2) is 0 Å². The van der Waals surface area contributed by atoms with Gasteiger partial charge in [-0.1, -0.05) is 61.3 Å². The van der Waals surface area contributed by atoms with Crippen LogP contribution >= 0.6 is 0 Å². The molecule has 0 bridgehead atoms. The molecule has 0 saturated carbocycles. The molecule has 0 aromatic heterocycles. The van der Waals surface area contributed by atoms with Crippen molar-refractivity contribution in [2.24, 2.45) is 0 Å². The van der Waals surface area contributed by atoms with E-state index >= 15 is 0 Å². The van der Waals surface area contributed by atoms with Crippen molar-refractivity contribution in [3.63, 3.8) is 0 Å². The van der Waals surface area contributed by atoms with Crippen LogP contribution in [0.1, 0.15) is 47.0 Å². The Kier molecular flexibility index (Phi) is 8.61. The minimum absolute atomic E-state index is 0.520. The average molecular weight is 288 g/mol. The maximum atomic E-state index is 13.5. The summed E-state index contributed by atoms with van der Waals surface area (Å²) in [6.45, 7) is 18.9. The van der Waals surface area contributed by atoms with Crippen molar-refractivity contribution in [1.29, 1.82) is 0 Å². The topological polar surface area (TPSA) is 0 Å². The largest absolute Gasteiger partial charge is 0.244 e. The zero-order valence-electron chi connectivity index (χ0n) is 14.0. The first-order chi connectivity index (χ1) is 9.73. The molecule has 0 N–H and O–H groups in total. The van der Waals surface area contributed by atoms with Gasteiger partial charge in [-0.25, -0.2) is 4.39 Å². The van der Waals surface area contributed by atoms with Crippen LogP contribution in [-0.4, -0.2) is 5.67 Å². The molecule has 0 fully saturated rings. The molecule has 0 aliphatic heterocycles. The summed E-state index contributed by atoms with van der Waals surface area (Å²) in [4.78, 5) is 0. The zero-order chi connectivity index (χ0) is 16.5. The molecule has 0 heterocycles. The van der Waals surface area contributed by atoms with Crippen LogP contribution in [0.25, 0.3) is 0 Å². The highest BCUT2D eigenvalue weighted by Gasteiger charge is 2.15. The first-order valence-corrected chi connectivity index (χ1v) is 7.38. The Bertz CT molecular complexity index is 465. The number of allylic oxidation sites excluding steroid dienone is 9. The molecule has 116 valence electrons. The van der Waals surface area contributed by atoms with Gasteiger partial charge in [0, 0.05) is 0 Å². The van der Waals surface area contributed by atoms with E-state index in [1.807, 2.05) is 31.2 Å². The zero-order valence-corrected chi connectivity index (χ0v) is 14.0. The fourth-order valence-corrected chi connectivity index (χ4v) is 1.93. The summed E-state index contributed by atoms with van der Waals surface area (Å²) in [7, 11) is 0. The van der Waals surface area contributed by atoms with E-state index in [-0.39, 0.29) is 0 Å². The summed E-state index contributed by atoms with van der Waals surface area (Å²) in [6, 6.07) is 0. The van der Waals surface area contributed by atoms with Crippen molar-refractivity contribution in [2.75, 3.05) is 0 Å². The van der Waals surface area contributed by atoms with Crippen LogP contribution in [0.3, 0.4) is 0 Å². The molecule has 0 radical (unpaired) electrons. The molecule has 0 aliphatic carbocycles. The van der Waals surface area contributed by atoms with E-state index < -0.39 is 5.67 Å². The van der Waals surface area contributed by atoms with Crippen LogP contribution in [0.2, 0.25) is 0 Å². The van der Waals surface area contributed by atoms with Crippen molar-refractivity contribution in [3.05, 3.63) is 72.4 Å². The van der Waals surface area contributed by atoms with Gasteiger partial charge in [0.05, 0.1) is 0 Å². The van der Waals surface area contributed by atoms with Crippen molar-refractivity contribution in [2.45, 2.75) is 52.6 Å². The molecule has 0 unspecified atom stereocenters. The quantitative estimate of drug-likeness (QED) is 0.329. The second-order valence-corrected chi connectivity index (χ2v) is 5.93. The van der Waals surface area contributed by atoms with Gasteiger partial charge in [-0.05, 0) is 58.1 Å². The SMILES string of the molecule is C=CC(=C\C)/C(C=C)=C/C=C(\C)CC(=C)CCC(C)(C)F. The van der Waals surface area contributed by atoms with Crippen LogP contribution in [0.15, 0.2) is 72.4 Å². The molecule has 0 spiro atoms. The number of rotatable bonds is 9. The van der Waals surface area contributed by atoms with Gasteiger partial charge in [0.2, 0.25) is 0 Å². The lowest BCUT2D eigenvalue weighted by Gasteiger charge is -2.14. The first-order valence-electron chi connectivity index (χ1n) is 7.38. The standard InChI is InChI=1S/C20H29F/c1-8-18(9-2)19(10-3)12-11-16(4)15-17(5)13-14-20(6,7)21/h8-12H,1,3,5,13-15H2,2,4,6-7H3/b16-11+,18-9+,19-12+. The summed E-state index contributed by atoms with van der Waals surface area (Å²) in [5.74, 6) is 0. The Hall–Kier alpha value is -1.63. The van der Waals surface area contributed by atoms with Gasteiger partial charge in [-0.2, -0.15) is 0 Å². The van der Waals surface area contributed by atoms with E-state index in [4.69, 9.17) is 0 Å². The molecule has 1 heteroatoms. The monoisotopic (exact) mass is 288 g/mol. The number of hydrogen-bond donors (Lipinski definition) is 0. The van der Waals surface area contributed by atoms with Gasteiger partial charge in [-0.15, -0.1) is 0 Å². The summed E-state index contributed by atoms with van der Waals surface area (Å²) >= 11 is 0. The highest BCUT2D eigenvalue weighted by Crippen LogP contribution is 2.22. The number of alkyl halides is 1. The lowest BCUT2D eigenvalue weighted by Crippen LogP contribution is -2.11. The van der Waals surface area contributed by atoms with Crippen LogP contribution in [-0.2, 0) is 0 Å². The van der Waals surface area contributed by atoms with Crippen molar-refractivity contribution >= 4 is 0 Å². The van der Waals surface area contributed by atoms with Crippen molar-refractivity contribution < 1.29 is 4.39 Å². The first kappa shape index (κ1) is 19.4. The lowest BCUT2D eigenvalue weighted by atomic mass is 9.97. The predicted octanol–water partition coefficient (Wildman–Crippen LogP) is 6.65. The molecule has 0 aromatic carbocycles. The number of halogens is 1. The van der Waals surface area contributed by atoms with Gasteiger partial charge in [0.25, 0.3) is 0 Å². The van der Waals surface area contributed by atoms with Gasteiger partial charge in [0.1, 0.15) is 5.67 Å². The van der Waals surface area contributed by atoms with Gasteiger partial charge < -0.3 is 0 Å². The molecule has 21 heavy (non-hydrogen) atoms. The molecule has 0 nitrogen and oxygen atoms in total. The fraction of sp³-hybridized carbons (Fsp3) is 0.400. The fourth-order valence-electron chi connectivity index (χ4n) is 1.93. The maximum Gasteiger partial charge on any atom is 0.105 e. The summed E-state index contributed by atoms with van der Waals surface area (Å²) in [5.41, 5.74) is 3.25. The van der Waals surface area contributed by atoms with Crippen molar-refractivity contribution in [1.82, 2.24) is 0 Å². The Balaban J connectivity index is 4.71. The Morgan fingerprint density at radius 3 is 2.10 bits per heavy atom. The second kappa shape index (κ2) is 9.33. The summed E-state index contributed by atoms with van der Waals surface area (Å²) in [6.07, 6.45) is 11.8. The van der Waals surface area contributed by atoms with E-state index in [2.05, 4.69) is 32.7 Å². The van der Waals surface area contributed by atoms with Crippen LogP contribution in [0.4, 0.5) is 4.39 Å². The van der Waals surface area contributed by atoms with E-state index in [1.54, 1.807) is 13.8 Å². The maximum absolute atomic E-state index is 13.5. The lowest BCUT2D eigenvalue weighted by molar-refractivity contribution is 0.202. The van der Waals surface area contributed by atoms with Gasteiger partial charge >= 0.3 is 0 Å². The summed E-state index contributed by atoms with van der Waals surface area (Å²) < 4.78 is 13.5. The van der Waals surface area contributed by atoms with Gasteiger partial charge in [-0.3, -0.25) is 0 Å². The number of hydrogen-bond acceptors (Lipinski definition) is 0. The Morgan fingerprint density at radius 1 is 1.10 bits per heavy atom. The molecule has 0 saturated heterocycles. The summed E-state index contributed by atoms with van der Waals surface area (Å²) in [5, 5.41) is 0. The Labute approximate surface area is 130 Å². The van der Waals surface area contributed by atoms with E-state index in [0.29, 0.717) is 6.42 Å². The minimum Gasteiger partial charge on any atom is -0.244 e. The molecule has 0 rings (SSSR count). The van der Waals surface area contributed by atoms with Crippen LogP contribution < -0.4 is 0 Å². The smallest absolute Gasteiger partial charge is 0.105 e. The molecule has 0 aromatic rings. The highest BCUT2D eigenvalue weighted by molar-refractivity contribution is 5.46. The third-order valence-corrected chi connectivity index (χ3v) is 3.23. The average Bonchev–Trinajstić information content (AvgIpc) is 2.40.